The summed E-state index contributed by atoms with van der Waals surface area (Å²) in [6.07, 6.45) is 1.26. The zero-order valence-electron chi connectivity index (χ0n) is 9.18. The number of carbonyl (C=O) groups excluding carboxylic acids is 1. The standard InChI is InChI=1S/C9H11ClN2O4S/c1-6(9(13)16-2)12-17(14,15)7-3-4-11-8(10)5-7/h3-6,12H,1-2H3. The predicted octanol–water partition coefficient (Wildman–Crippen LogP) is 0.575. The van der Waals surface area contributed by atoms with E-state index in [2.05, 4.69) is 14.4 Å². The highest BCUT2D eigenvalue weighted by molar-refractivity contribution is 7.89. The molecule has 0 aliphatic carbocycles. The Hall–Kier alpha value is -1.18. The number of hydrogen-bond donors (Lipinski definition) is 1. The molecule has 8 heteroatoms. The van der Waals surface area contributed by atoms with Gasteiger partial charge in [0.05, 0.1) is 12.0 Å². The van der Waals surface area contributed by atoms with Gasteiger partial charge >= 0.3 is 5.97 Å². The molecule has 0 radical (unpaired) electrons. The zero-order valence-corrected chi connectivity index (χ0v) is 10.7. The first-order valence-electron chi connectivity index (χ1n) is 4.58. The number of pyridine rings is 1. The van der Waals surface area contributed by atoms with E-state index < -0.39 is 22.0 Å². The van der Waals surface area contributed by atoms with Crippen LogP contribution in [0.25, 0.3) is 0 Å². The lowest BCUT2D eigenvalue weighted by atomic mass is 10.4. The summed E-state index contributed by atoms with van der Waals surface area (Å²) in [5.74, 6) is -0.672. The fourth-order valence-electron chi connectivity index (χ4n) is 1.08. The number of hydrogen-bond acceptors (Lipinski definition) is 5. The third-order valence-corrected chi connectivity index (χ3v) is 3.64. The van der Waals surface area contributed by atoms with Gasteiger partial charge in [-0.3, -0.25) is 4.79 Å². The van der Waals surface area contributed by atoms with E-state index in [9.17, 15) is 13.2 Å². The Morgan fingerprint density at radius 2 is 2.24 bits per heavy atom. The minimum Gasteiger partial charge on any atom is -0.468 e. The summed E-state index contributed by atoms with van der Waals surface area (Å²) in [6, 6.07) is 1.49. The van der Waals surface area contributed by atoms with Crippen molar-refractivity contribution in [3.8, 4) is 0 Å². The maximum absolute atomic E-state index is 11.8. The summed E-state index contributed by atoms with van der Waals surface area (Å²) < 4.78 is 30.2. The molecule has 0 aliphatic rings. The van der Waals surface area contributed by atoms with Crippen LogP contribution >= 0.6 is 11.6 Å². The molecular weight excluding hydrogens is 268 g/mol. The van der Waals surface area contributed by atoms with Gasteiger partial charge in [0.1, 0.15) is 11.2 Å². The van der Waals surface area contributed by atoms with Crippen LogP contribution < -0.4 is 4.72 Å². The molecule has 1 aromatic heterocycles. The van der Waals surface area contributed by atoms with E-state index in [1.54, 1.807) is 0 Å². The van der Waals surface area contributed by atoms with Gasteiger partial charge in [-0.25, -0.2) is 13.4 Å². The highest BCUT2D eigenvalue weighted by atomic mass is 35.5. The average Bonchev–Trinajstić information content (AvgIpc) is 2.27. The van der Waals surface area contributed by atoms with Gasteiger partial charge in [0, 0.05) is 6.20 Å². The molecule has 1 unspecified atom stereocenters. The van der Waals surface area contributed by atoms with E-state index in [1.807, 2.05) is 0 Å². The highest BCUT2D eigenvalue weighted by Crippen LogP contribution is 2.13. The molecule has 0 fully saturated rings. The van der Waals surface area contributed by atoms with Gasteiger partial charge in [0.25, 0.3) is 0 Å². The Labute approximate surface area is 104 Å². The molecule has 0 bridgehead atoms. The van der Waals surface area contributed by atoms with Gasteiger partial charge in [-0.1, -0.05) is 11.6 Å². The first-order valence-corrected chi connectivity index (χ1v) is 6.44. The van der Waals surface area contributed by atoms with E-state index in [0.717, 1.165) is 0 Å². The molecule has 0 aliphatic heterocycles. The molecule has 94 valence electrons. The quantitative estimate of drug-likeness (QED) is 0.643. The van der Waals surface area contributed by atoms with Crippen molar-refractivity contribution in [3.05, 3.63) is 23.5 Å². The number of esters is 1. The van der Waals surface area contributed by atoms with Crippen molar-refractivity contribution in [3.63, 3.8) is 0 Å². The molecule has 1 aromatic rings. The first-order chi connectivity index (χ1) is 7.86. The van der Waals surface area contributed by atoms with Crippen LogP contribution in [0, 0.1) is 0 Å². The van der Waals surface area contributed by atoms with Gasteiger partial charge in [-0.05, 0) is 19.1 Å². The Kier molecular flexibility index (Phi) is 4.44. The Bertz CT molecular complexity index is 517. The minimum atomic E-state index is -3.81. The lowest BCUT2D eigenvalue weighted by Gasteiger charge is -2.11. The normalized spacial score (nSPS) is 13.1. The molecule has 0 aromatic carbocycles. The molecule has 6 nitrogen and oxygen atoms in total. The number of nitrogens with one attached hydrogen (secondary N) is 1. The van der Waals surface area contributed by atoms with Crippen molar-refractivity contribution in [1.29, 1.82) is 0 Å². The molecule has 1 rings (SSSR count). The summed E-state index contributed by atoms with van der Waals surface area (Å²) in [5.41, 5.74) is 0. The summed E-state index contributed by atoms with van der Waals surface area (Å²) in [7, 11) is -2.64. The fraction of sp³-hybridized carbons (Fsp3) is 0.333. The van der Waals surface area contributed by atoms with Crippen LogP contribution in [-0.4, -0.2) is 32.5 Å². The Morgan fingerprint density at radius 3 is 2.76 bits per heavy atom. The third-order valence-electron chi connectivity index (χ3n) is 1.89. The topological polar surface area (TPSA) is 85.4 Å². The van der Waals surface area contributed by atoms with Crippen LogP contribution in [0.4, 0.5) is 0 Å². The van der Waals surface area contributed by atoms with Crippen molar-refractivity contribution in [2.75, 3.05) is 7.11 Å². The Balaban J connectivity index is 2.93. The molecule has 17 heavy (non-hydrogen) atoms. The number of rotatable bonds is 4. The van der Waals surface area contributed by atoms with Gasteiger partial charge in [0.15, 0.2) is 0 Å². The van der Waals surface area contributed by atoms with Crippen LogP contribution in [0.15, 0.2) is 23.2 Å². The average molecular weight is 279 g/mol. The largest absolute Gasteiger partial charge is 0.468 e. The van der Waals surface area contributed by atoms with E-state index >= 15 is 0 Å². The number of sulfonamides is 1. The number of nitrogens with zero attached hydrogens (tertiary/aromatic N) is 1. The van der Waals surface area contributed by atoms with Crippen LogP contribution in [0.5, 0.6) is 0 Å². The van der Waals surface area contributed by atoms with Gasteiger partial charge < -0.3 is 4.74 Å². The Morgan fingerprint density at radius 1 is 1.59 bits per heavy atom. The number of methoxy groups -OCH3 is 1. The van der Waals surface area contributed by atoms with Gasteiger partial charge in [-0.15, -0.1) is 0 Å². The maximum Gasteiger partial charge on any atom is 0.323 e. The van der Waals surface area contributed by atoms with Crippen LogP contribution in [0.3, 0.4) is 0 Å². The molecule has 0 saturated carbocycles. The fourth-order valence-corrected chi connectivity index (χ4v) is 2.52. The van der Waals surface area contributed by atoms with Gasteiger partial charge in [-0.2, -0.15) is 4.72 Å². The van der Waals surface area contributed by atoms with Crippen molar-refractivity contribution in [1.82, 2.24) is 9.71 Å². The van der Waals surface area contributed by atoms with Crippen LogP contribution in [0.1, 0.15) is 6.92 Å². The zero-order chi connectivity index (χ0) is 13.1. The monoisotopic (exact) mass is 278 g/mol. The van der Waals surface area contributed by atoms with E-state index in [-0.39, 0.29) is 10.0 Å². The number of ether oxygens (including phenoxy) is 1. The summed E-state index contributed by atoms with van der Waals surface area (Å²) in [5, 5.41) is 0.0543. The maximum atomic E-state index is 11.8. The van der Waals surface area contributed by atoms with E-state index in [0.29, 0.717) is 0 Å². The van der Waals surface area contributed by atoms with Gasteiger partial charge in [0.2, 0.25) is 10.0 Å². The molecular formula is C9H11ClN2O4S. The first kappa shape index (κ1) is 13.9. The minimum absolute atomic E-state index is 0.0543. The summed E-state index contributed by atoms with van der Waals surface area (Å²) >= 11 is 5.58. The molecule has 0 spiro atoms. The van der Waals surface area contributed by atoms with Crippen molar-refractivity contribution < 1.29 is 17.9 Å². The lowest BCUT2D eigenvalue weighted by Crippen LogP contribution is -2.39. The van der Waals surface area contributed by atoms with Crippen LogP contribution in [-0.2, 0) is 19.6 Å². The number of aromatic nitrogens is 1. The second-order valence-electron chi connectivity index (χ2n) is 3.18. The summed E-state index contributed by atoms with van der Waals surface area (Å²) in [4.78, 5) is 14.7. The van der Waals surface area contributed by atoms with E-state index in [4.69, 9.17) is 11.6 Å². The number of halogens is 1. The highest BCUT2D eigenvalue weighted by Gasteiger charge is 2.22. The molecule has 1 N–H and O–H groups in total. The SMILES string of the molecule is COC(=O)C(C)NS(=O)(=O)c1ccnc(Cl)c1. The smallest absolute Gasteiger partial charge is 0.323 e. The van der Waals surface area contributed by atoms with Crippen LogP contribution in [0.2, 0.25) is 5.15 Å². The molecule has 1 atom stereocenters. The van der Waals surface area contributed by atoms with E-state index in [1.165, 1.54) is 32.4 Å². The summed E-state index contributed by atoms with van der Waals surface area (Å²) in [6.45, 7) is 1.38. The van der Waals surface area contributed by atoms with Crippen molar-refractivity contribution in [2.24, 2.45) is 0 Å². The second kappa shape index (κ2) is 5.44. The van der Waals surface area contributed by atoms with Crippen molar-refractivity contribution in [2.45, 2.75) is 17.9 Å². The molecule has 0 saturated heterocycles. The van der Waals surface area contributed by atoms with Crippen molar-refractivity contribution >= 4 is 27.6 Å². The lowest BCUT2D eigenvalue weighted by molar-refractivity contribution is -0.142. The third kappa shape index (κ3) is 3.65. The predicted molar refractivity (Wildman–Crippen MR) is 61.0 cm³/mol. The molecule has 1 heterocycles. The second-order valence-corrected chi connectivity index (χ2v) is 5.28. The number of carbonyl (C=O) groups is 1. The molecule has 0 amide bonds.